The highest BCUT2D eigenvalue weighted by Crippen LogP contribution is 2.36. The molecule has 0 heterocycles. The molecule has 1 aliphatic carbocycles. The first-order chi connectivity index (χ1) is 15.5. The van der Waals surface area contributed by atoms with Crippen LogP contribution in [0, 0.1) is 11.6 Å². The first-order valence-electron chi connectivity index (χ1n) is 9.77. The Morgan fingerprint density at radius 2 is 1.76 bits per heavy atom. The molecule has 6 nitrogen and oxygen atoms in total. The van der Waals surface area contributed by atoms with E-state index in [1.54, 1.807) is 0 Å². The maximum atomic E-state index is 14.7. The number of nitrogens with one attached hydrogen (secondary N) is 2. The molecule has 176 valence electrons. The molecule has 33 heavy (non-hydrogen) atoms. The van der Waals surface area contributed by atoms with Gasteiger partial charge >= 0.3 is 12.1 Å². The molecule has 1 fully saturated rings. The number of alkyl halides is 3. The molecule has 0 radical (unpaired) electrons. The lowest BCUT2D eigenvalue weighted by molar-refractivity contribution is -0.155. The van der Waals surface area contributed by atoms with Gasteiger partial charge in [-0.3, -0.25) is 9.59 Å². The SMILES string of the molecule is COC(=O)c1c(F)cccc1-c1ccc(CNC(=O)C2(NC(=O)CC(F)(F)F)CC2)c(F)c1. The van der Waals surface area contributed by atoms with Crippen LogP contribution in [0.5, 0.6) is 0 Å². The second-order valence-corrected chi connectivity index (χ2v) is 7.57. The van der Waals surface area contributed by atoms with Gasteiger partial charge in [-0.2, -0.15) is 13.2 Å². The van der Waals surface area contributed by atoms with Gasteiger partial charge in [0, 0.05) is 12.1 Å². The lowest BCUT2D eigenvalue weighted by Gasteiger charge is -2.18. The standard InChI is InChI=1S/C22H19F5N2O4/c1-33-19(31)18-14(3-2-4-15(18)23)12-5-6-13(16(24)9-12)11-28-20(32)21(7-8-21)29-17(30)10-22(25,26)27/h2-6,9H,7-8,10-11H2,1H3,(H,28,32)(H,29,30). The Morgan fingerprint density at radius 3 is 2.33 bits per heavy atom. The number of carbonyl (C=O) groups is 3. The molecule has 1 aliphatic rings. The summed E-state index contributed by atoms with van der Waals surface area (Å²) in [5.74, 6) is -4.57. The molecule has 0 unspecified atom stereocenters. The highest BCUT2D eigenvalue weighted by atomic mass is 19.4. The van der Waals surface area contributed by atoms with Gasteiger partial charge < -0.3 is 15.4 Å². The Kier molecular flexibility index (Phi) is 6.71. The van der Waals surface area contributed by atoms with Crippen molar-refractivity contribution in [2.45, 2.75) is 37.5 Å². The van der Waals surface area contributed by atoms with Crippen LogP contribution in [0.4, 0.5) is 22.0 Å². The number of rotatable bonds is 7. The molecule has 0 spiro atoms. The second-order valence-electron chi connectivity index (χ2n) is 7.57. The molecule has 1 saturated carbocycles. The molecular weight excluding hydrogens is 451 g/mol. The molecule has 3 rings (SSSR count). The summed E-state index contributed by atoms with van der Waals surface area (Å²) in [4.78, 5) is 35.8. The van der Waals surface area contributed by atoms with Crippen LogP contribution < -0.4 is 10.6 Å². The van der Waals surface area contributed by atoms with E-state index in [-0.39, 0.29) is 41.6 Å². The lowest BCUT2D eigenvalue weighted by atomic mass is 9.98. The first-order valence-corrected chi connectivity index (χ1v) is 9.77. The summed E-state index contributed by atoms with van der Waals surface area (Å²) in [5, 5.41) is 4.50. The van der Waals surface area contributed by atoms with E-state index >= 15 is 0 Å². The predicted molar refractivity (Wildman–Crippen MR) is 106 cm³/mol. The van der Waals surface area contributed by atoms with Crippen molar-refractivity contribution in [1.29, 1.82) is 0 Å². The van der Waals surface area contributed by atoms with Crippen molar-refractivity contribution in [1.82, 2.24) is 10.6 Å². The van der Waals surface area contributed by atoms with Crippen molar-refractivity contribution in [3.05, 3.63) is 59.2 Å². The van der Waals surface area contributed by atoms with E-state index in [2.05, 4.69) is 15.4 Å². The largest absolute Gasteiger partial charge is 0.465 e. The molecule has 0 saturated heterocycles. The van der Waals surface area contributed by atoms with Gasteiger partial charge in [-0.05, 0) is 36.1 Å². The van der Waals surface area contributed by atoms with Crippen LogP contribution >= 0.6 is 0 Å². The fourth-order valence-electron chi connectivity index (χ4n) is 3.30. The van der Waals surface area contributed by atoms with Gasteiger partial charge in [0.2, 0.25) is 11.8 Å². The summed E-state index contributed by atoms with van der Waals surface area (Å²) in [6.07, 6.45) is -6.07. The zero-order valence-electron chi connectivity index (χ0n) is 17.3. The molecule has 2 amide bonds. The number of halogens is 5. The van der Waals surface area contributed by atoms with Crippen LogP contribution in [0.1, 0.15) is 35.2 Å². The minimum atomic E-state index is -4.70. The van der Waals surface area contributed by atoms with Crippen LogP contribution in [0.3, 0.4) is 0 Å². The van der Waals surface area contributed by atoms with E-state index in [9.17, 15) is 36.3 Å². The van der Waals surface area contributed by atoms with E-state index in [1.165, 1.54) is 24.3 Å². The van der Waals surface area contributed by atoms with Crippen molar-refractivity contribution >= 4 is 17.8 Å². The van der Waals surface area contributed by atoms with Crippen molar-refractivity contribution in [3.8, 4) is 11.1 Å². The molecule has 2 N–H and O–H groups in total. The Hall–Kier alpha value is -3.50. The third-order valence-corrected chi connectivity index (χ3v) is 5.13. The van der Waals surface area contributed by atoms with E-state index in [0.29, 0.717) is 0 Å². The average molecular weight is 470 g/mol. The molecular formula is C22H19F5N2O4. The normalized spacial score (nSPS) is 14.4. The summed E-state index contributed by atoms with van der Waals surface area (Å²) in [6, 6.07) is 7.64. The Labute approximate surface area is 185 Å². The number of carbonyl (C=O) groups excluding carboxylic acids is 3. The van der Waals surface area contributed by atoms with Crippen molar-refractivity contribution in [2.24, 2.45) is 0 Å². The highest BCUT2D eigenvalue weighted by Gasteiger charge is 2.51. The smallest absolute Gasteiger partial charge is 0.397 e. The first kappa shape index (κ1) is 24.1. The van der Waals surface area contributed by atoms with E-state index in [1.807, 2.05) is 0 Å². The van der Waals surface area contributed by atoms with Gasteiger partial charge in [0.15, 0.2) is 0 Å². The van der Waals surface area contributed by atoms with Gasteiger partial charge in [-0.15, -0.1) is 0 Å². The summed E-state index contributed by atoms with van der Waals surface area (Å²) >= 11 is 0. The highest BCUT2D eigenvalue weighted by molar-refractivity contribution is 5.97. The molecule has 0 bridgehead atoms. The Balaban J connectivity index is 1.70. The molecule has 0 aliphatic heterocycles. The van der Waals surface area contributed by atoms with E-state index in [4.69, 9.17) is 0 Å². The summed E-state index contributed by atoms with van der Waals surface area (Å²) in [7, 11) is 1.09. The topological polar surface area (TPSA) is 84.5 Å². The maximum absolute atomic E-state index is 14.7. The lowest BCUT2D eigenvalue weighted by Crippen LogP contribution is -2.49. The van der Waals surface area contributed by atoms with Crippen LogP contribution in [0.2, 0.25) is 0 Å². The van der Waals surface area contributed by atoms with Gasteiger partial charge in [-0.1, -0.05) is 24.3 Å². The third-order valence-electron chi connectivity index (χ3n) is 5.13. The fraction of sp³-hybridized carbons (Fsp3) is 0.318. The van der Waals surface area contributed by atoms with Crippen LogP contribution in [0.15, 0.2) is 36.4 Å². The van der Waals surface area contributed by atoms with Crippen molar-refractivity contribution in [3.63, 3.8) is 0 Å². The number of benzene rings is 2. The van der Waals surface area contributed by atoms with Gasteiger partial charge in [0.1, 0.15) is 29.2 Å². The van der Waals surface area contributed by atoms with Crippen LogP contribution in [-0.2, 0) is 20.9 Å². The maximum Gasteiger partial charge on any atom is 0.397 e. The Bertz CT molecular complexity index is 1100. The monoisotopic (exact) mass is 470 g/mol. The summed E-state index contributed by atoms with van der Waals surface area (Å²) in [6.45, 7) is -0.297. The number of hydrogen-bond donors (Lipinski definition) is 2. The van der Waals surface area contributed by atoms with Crippen molar-refractivity contribution in [2.75, 3.05) is 7.11 Å². The average Bonchev–Trinajstić information content (AvgIpc) is 3.51. The van der Waals surface area contributed by atoms with E-state index in [0.717, 1.165) is 19.2 Å². The van der Waals surface area contributed by atoms with Gasteiger partial charge in [-0.25, -0.2) is 13.6 Å². The van der Waals surface area contributed by atoms with Crippen LogP contribution in [0.25, 0.3) is 11.1 Å². The number of amides is 2. The summed E-state index contributed by atoms with van der Waals surface area (Å²) in [5.41, 5.74) is -1.44. The number of methoxy groups -OCH3 is 1. The molecule has 11 heteroatoms. The Morgan fingerprint density at radius 1 is 1.06 bits per heavy atom. The number of esters is 1. The fourth-order valence-corrected chi connectivity index (χ4v) is 3.30. The quantitative estimate of drug-likeness (QED) is 0.478. The minimum absolute atomic E-state index is 0.0422. The van der Waals surface area contributed by atoms with Crippen molar-refractivity contribution < 1.29 is 41.1 Å². The molecule has 0 aromatic heterocycles. The third kappa shape index (κ3) is 5.65. The van der Waals surface area contributed by atoms with Crippen LogP contribution in [-0.4, -0.2) is 36.6 Å². The minimum Gasteiger partial charge on any atom is -0.465 e. The number of hydrogen-bond acceptors (Lipinski definition) is 4. The zero-order valence-corrected chi connectivity index (χ0v) is 17.3. The van der Waals surface area contributed by atoms with E-state index < -0.39 is 47.6 Å². The molecule has 2 aromatic rings. The molecule has 0 atom stereocenters. The number of ether oxygens (including phenoxy) is 1. The second kappa shape index (κ2) is 9.16. The molecule has 2 aromatic carbocycles. The zero-order chi connectivity index (χ0) is 24.4. The predicted octanol–water partition coefficient (Wildman–Crippen LogP) is 3.64. The summed E-state index contributed by atoms with van der Waals surface area (Å²) < 4.78 is 70.4. The van der Waals surface area contributed by atoms with Gasteiger partial charge in [0.05, 0.1) is 7.11 Å². The van der Waals surface area contributed by atoms with Gasteiger partial charge in [0.25, 0.3) is 0 Å².